The van der Waals surface area contributed by atoms with Crippen LogP contribution in [0.15, 0.2) is 29.2 Å². The number of thiocarbonyl (C=S) groups is 1. The Labute approximate surface area is 153 Å². The number of benzene rings is 1. The number of unbranched alkanes of at least 4 members (excludes halogenated alkanes) is 1. The van der Waals surface area contributed by atoms with E-state index in [0.717, 1.165) is 23.1 Å². The number of carboxylic acids is 1. The molecule has 0 spiro atoms. The topological polar surface area (TPSA) is 101 Å². The molecule has 1 atom stereocenters. The van der Waals surface area contributed by atoms with E-state index >= 15 is 0 Å². The molecule has 0 aliphatic carbocycles. The summed E-state index contributed by atoms with van der Waals surface area (Å²) in [6.07, 6.45) is 3.13. The molecule has 1 unspecified atom stereocenters. The number of aliphatic carboxylic acids is 1. The predicted molar refractivity (Wildman–Crippen MR) is 99.1 cm³/mol. The first kappa shape index (κ1) is 19.1. The van der Waals surface area contributed by atoms with Gasteiger partial charge in [-0.3, -0.25) is 19.8 Å². The lowest BCUT2D eigenvalue weighted by molar-refractivity contribution is -0.385. The fourth-order valence-electron chi connectivity index (χ4n) is 2.43. The molecular formula is C16H16N2O5S2. The summed E-state index contributed by atoms with van der Waals surface area (Å²) in [5.41, 5.74) is 0.141. The van der Waals surface area contributed by atoms with Gasteiger partial charge in [-0.25, -0.2) is 4.79 Å². The van der Waals surface area contributed by atoms with E-state index in [1.807, 2.05) is 6.92 Å². The molecule has 1 heterocycles. The minimum absolute atomic E-state index is 0.131. The van der Waals surface area contributed by atoms with Gasteiger partial charge in [-0.05, 0) is 18.6 Å². The maximum absolute atomic E-state index is 12.6. The highest BCUT2D eigenvalue weighted by molar-refractivity contribution is 8.26. The van der Waals surface area contributed by atoms with Gasteiger partial charge in [0.25, 0.3) is 11.6 Å². The third-order valence-electron chi connectivity index (χ3n) is 3.67. The second kappa shape index (κ2) is 8.21. The first-order chi connectivity index (χ1) is 11.9. The molecule has 132 valence electrons. The van der Waals surface area contributed by atoms with Crippen molar-refractivity contribution in [3.8, 4) is 0 Å². The second-order valence-corrected chi connectivity index (χ2v) is 7.04. The number of para-hydroxylation sites is 1. The van der Waals surface area contributed by atoms with Crippen LogP contribution in [0.1, 0.15) is 31.7 Å². The molecule has 0 aromatic heterocycles. The Bertz CT molecular complexity index is 763. The largest absolute Gasteiger partial charge is 0.480 e. The summed E-state index contributed by atoms with van der Waals surface area (Å²) in [4.78, 5) is 36.0. The first-order valence-electron chi connectivity index (χ1n) is 7.60. The van der Waals surface area contributed by atoms with Gasteiger partial charge in [-0.15, -0.1) is 0 Å². The maximum Gasteiger partial charge on any atom is 0.326 e. The molecule has 0 radical (unpaired) electrons. The van der Waals surface area contributed by atoms with Crippen LogP contribution in [0, 0.1) is 10.1 Å². The molecule has 1 amide bonds. The first-order valence-corrected chi connectivity index (χ1v) is 8.82. The van der Waals surface area contributed by atoms with E-state index in [4.69, 9.17) is 12.2 Å². The Morgan fingerprint density at radius 1 is 1.48 bits per heavy atom. The van der Waals surface area contributed by atoms with Crippen molar-refractivity contribution in [2.75, 3.05) is 0 Å². The number of nitrogens with zero attached hydrogens (tertiary/aromatic N) is 2. The molecule has 9 heteroatoms. The van der Waals surface area contributed by atoms with Crippen molar-refractivity contribution in [2.24, 2.45) is 0 Å². The SMILES string of the molecule is CCCCC(C(=O)O)N1C(=O)/C(=C/c2ccccc2[N+](=O)[O-])SC1=S. The van der Waals surface area contributed by atoms with Crippen molar-refractivity contribution in [1.82, 2.24) is 4.90 Å². The lowest BCUT2D eigenvalue weighted by Gasteiger charge is -2.22. The highest BCUT2D eigenvalue weighted by atomic mass is 32.2. The van der Waals surface area contributed by atoms with Crippen LogP contribution < -0.4 is 0 Å². The normalized spacial score (nSPS) is 17.2. The standard InChI is InChI=1S/C16H16N2O5S2/c1-2-3-7-12(15(20)21)17-14(19)13(25-16(17)24)9-10-6-4-5-8-11(10)18(22)23/h4-6,8-9,12H,2-3,7H2,1H3,(H,20,21)/b13-9-. The van der Waals surface area contributed by atoms with Gasteiger partial charge in [0, 0.05) is 6.07 Å². The zero-order valence-electron chi connectivity index (χ0n) is 13.4. The highest BCUT2D eigenvalue weighted by Crippen LogP contribution is 2.36. The molecule has 0 bridgehead atoms. The molecule has 1 fully saturated rings. The van der Waals surface area contributed by atoms with Gasteiger partial charge in [-0.1, -0.05) is 55.9 Å². The summed E-state index contributed by atoms with van der Waals surface area (Å²) in [6.45, 7) is 1.93. The Hall–Kier alpha value is -2.26. The molecule has 1 N–H and O–H groups in total. The number of amides is 1. The molecule has 7 nitrogen and oxygen atoms in total. The predicted octanol–water partition coefficient (Wildman–Crippen LogP) is 3.44. The van der Waals surface area contributed by atoms with E-state index < -0.39 is 22.8 Å². The molecular weight excluding hydrogens is 364 g/mol. The van der Waals surface area contributed by atoms with E-state index in [9.17, 15) is 24.8 Å². The Balaban J connectivity index is 2.35. The molecule has 1 saturated heterocycles. The highest BCUT2D eigenvalue weighted by Gasteiger charge is 2.40. The fraction of sp³-hybridized carbons (Fsp3) is 0.312. The summed E-state index contributed by atoms with van der Waals surface area (Å²) < 4.78 is 0.151. The summed E-state index contributed by atoms with van der Waals surface area (Å²) in [7, 11) is 0. The number of hydrogen-bond acceptors (Lipinski definition) is 6. The minimum atomic E-state index is -1.11. The number of carbonyl (C=O) groups is 2. The van der Waals surface area contributed by atoms with E-state index in [1.165, 1.54) is 24.3 Å². The number of carbonyl (C=O) groups excluding carboxylic acids is 1. The zero-order chi connectivity index (χ0) is 18.6. The molecule has 1 aromatic carbocycles. The smallest absolute Gasteiger partial charge is 0.326 e. The Morgan fingerprint density at radius 2 is 2.16 bits per heavy atom. The van der Waals surface area contributed by atoms with Crippen LogP contribution in [0.5, 0.6) is 0 Å². The number of nitro benzene ring substituents is 1. The van der Waals surface area contributed by atoms with E-state index in [-0.39, 0.29) is 20.5 Å². The van der Waals surface area contributed by atoms with Crippen LogP contribution in [-0.4, -0.2) is 37.2 Å². The number of hydrogen-bond donors (Lipinski definition) is 1. The lowest BCUT2D eigenvalue weighted by Crippen LogP contribution is -2.43. The molecule has 1 aliphatic heterocycles. The monoisotopic (exact) mass is 380 g/mol. The molecule has 1 aromatic rings. The van der Waals surface area contributed by atoms with E-state index in [2.05, 4.69) is 0 Å². The third kappa shape index (κ3) is 4.23. The summed E-state index contributed by atoms with van der Waals surface area (Å²) in [6, 6.07) is 5.00. The Kier molecular flexibility index (Phi) is 6.27. The second-order valence-electron chi connectivity index (χ2n) is 5.36. The van der Waals surface area contributed by atoms with Crippen molar-refractivity contribution in [3.63, 3.8) is 0 Å². The van der Waals surface area contributed by atoms with Crippen molar-refractivity contribution in [1.29, 1.82) is 0 Å². The molecule has 1 aliphatic rings. The van der Waals surface area contributed by atoms with Crippen molar-refractivity contribution < 1.29 is 19.6 Å². The van der Waals surface area contributed by atoms with Gasteiger partial charge in [0.05, 0.1) is 15.4 Å². The van der Waals surface area contributed by atoms with Gasteiger partial charge in [0.15, 0.2) is 0 Å². The quantitative estimate of drug-likeness (QED) is 0.335. The van der Waals surface area contributed by atoms with Crippen LogP contribution in [0.2, 0.25) is 0 Å². The van der Waals surface area contributed by atoms with Gasteiger partial charge in [0.2, 0.25) is 0 Å². The zero-order valence-corrected chi connectivity index (χ0v) is 15.0. The van der Waals surface area contributed by atoms with Crippen molar-refractivity contribution in [2.45, 2.75) is 32.2 Å². The van der Waals surface area contributed by atoms with E-state index in [0.29, 0.717) is 12.8 Å². The summed E-state index contributed by atoms with van der Waals surface area (Å²) >= 11 is 6.13. The van der Waals surface area contributed by atoms with Gasteiger partial charge in [-0.2, -0.15) is 0 Å². The van der Waals surface area contributed by atoms with Crippen LogP contribution in [0.3, 0.4) is 0 Å². The van der Waals surface area contributed by atoms with Crippen LogP contribution in [-0.2, 0) is 9.59 Å². The summed E-state index contributed by atoms with van der Waals surface area (Å²) in [5, 5.41) is 20.5. The molecule has 2 rings (SSSR count). The number of thioether (sulfide) groups is 1. The average Bonchev–Trinajstić information content (AvgIpc) is 2.83. The van der Waals surface area contributed by atoms with Crippen LogP contribution in [0.4, 0.5) is 5.69 Å². The van der Waals surface area contributed by atoms with Gasteiger partial charge in [0.1, 0.15) is 10.4 Å². The number of nitro groups is 1. The number of rotatable bonds is 7. The summed E-state index contributed by atoms with van der Waals surface area (Å²) in [5.74, 6) is -1.65. The van der Waals surface area contributed by atoms with E-state index in [1.54, 1.807) is 6.07 Å². The van der Waals surface area contributed by atoms with Gasteiger partial charge >= 0.3 is 5.97 Å². The molecule has 0 saturated carbocycles. The van der Waals surface area contributed by atoms with Crippen molar-refractivity contribution >= 4 is 51.9 Å². The average molecular weight is 380 g/mol. The van der Waals surface area contributed by atoms with Crippen molar-refractivity contribution in [3.05, 3.63) is 44.8 Å². The Morgan fingerprint density at radius 3 is 2.76 bits per heavy atom. The maximum atomic E-state index is 12.6. The van der Waals surface area contributed by atoms with Crippen LogP contribution in [0.25, 0.3) is 6.08 Å². The van der Waals surface area contributed by atoms with Crippen LogP contribution >= 0.6 is 24.0 Å². The minimum Gasteiger partial charge on any atom is -0.480 e. The fourth-order valence-corrected chi connectivity index (χ4v) is 3.77. The lowest BCUT2D eigenvalue weighted by atomic mass is 10.1. The number of carboxylic acid groups (broad SMARTS) is 1. The van der Waals surface area contributed by atoms with Gasteiger partial charge < -0.3 is 5.11 Å². The molecule has 25 heavy (non-hydrogen) atoms. The third-order valence-corrected chi connectivity index (χ3v) is 5.00.